The Morgan fingerprint density at radius 2 is 1.93 bits per heavy atom. The molecular weight excluding hydrogens is 214 g/mol. The molecule has 0 unspecified atom stereocenters. The molecular formula is C9H17NO2SSi. The third-order valence-electron chi connectivity index (χ3n) is 2.77. The lowest BCUT2D eigenvalue weighted by atomic mass is 10.7. The van der Waals surface area contributed by atoms with Crippen molar-refractivity contribution in [3.63, 3.8) is 0 Å². The van der Waals surface area contributed by atoms with Crippen molar-refractivity contribution in [3.05, 3.63) is 0 Å². The van der Waals surface area contributed by atoms with E-state index in [9.17, 15) is 4.79 Å². The Kier molecular flexibility index (Phi) is 4.19. The van der Waals surface area contributed by atoms with E-state index in [1.165, 1.54) is 11.8 Å². The number of carbonyl (C=O) groups excluding carboxylic acids is 1. The summed E-state index contributed by atoms with van der Waals surface area (Å²) in [7, 11) is -1.62. The average Bonchev–Trinajstić information content (AvgIpc) is 2.61. The Balaban J connectivity index is 2.64. The molecule has 0 aromatic rings. The lowest BCUT2D eigenvalue weighted by Gasteiger charge is -2.27. The lowest BCUT2D eigenvalue weighted by molar-refractivity contribution is -0.115. The zero-order chi connectivity index (χ0) is 10.6. The number of amides is 1. The summed E-state index contributed by atoms with van der Waals surface area (Å²) in [6, 6.07) is 3.27. The predicted molar refractivity (Wildman–Crippen MR) is 63.2 cm³/mol. The molecule has 0 N–H and O–H groups in total. The Morgan fingerprint density at radius 3 is 2.29 bits per heavy atom. The van der Waals surface area contributed by atoms with E-state index in [1.807, 2.05) is 0 Å². The average molecular weight is 231 g/mol. The summed E-state index contributed by atoms with van der Waals surface area (Å²) in [5.74, 6) is 0.396. The molecule has 0 saturated heterocycles. The van der Waals surface area contributed by atoms with Gasteiger partial charge in [0.1, 0.15) is 0 Å². The van der Waals surface area contributed by atoms with E-state index < -0.39 is 8.32 Å². The second-order valence-electron chi connectivity index (χ2n) is 3.41. The molecule has 3 nitrogen and oxygen atoms in total. The molecule has 1 aliphatic rings. The van der Waals surface area contributed by atoms with E-state index in [0.717, 1.165) is 18.1 Å². The molecule has 0 aromatic carbocycles. The van der Waals surface area contributed by atoms with Crippen LogP contribution in [0.15, 0.2) is 4.99 Å². The minimum atomic E-state index is -1.62. The second-order valence-corrected chi connectivity index (χ2v) is 9.02. The van der Waals surface area contributed by atoms with Gasteiger partial charge in [0.15, 0.2) is 0 Å². The van der Waals surface area contributed by atoms with E-state index in [2.05, 4.69) is 25.8 Å². The van der Waals surface area contributed by atoms with Gasteiger partial charge in [0.25, 0.3) is 14.2 Å². The highest BCUT2D eigenvalue weighted by atomic mass is 32.2. The van der Waals surface area contributed by atoms with Crippen LogP contribution in [-0.2, 0) is 9.22 Å². The molecule has 1 amide bonds. The van der Waals surface area contributed by atoms with Crippen LogP contribution in [0.3, 0.4) is 0 Å². The van der Waals surface area contributed by atoms with Gasteiger partial charge in [-0.15, -0.1) is 0 Å². The summed E-state index contributed by atoms with van der Waals surface area (Å²) < 4.78 is 5.95. The fourth-order valence-electron chi connectivity index (χ4n) is 1.49. The number of hydrogen-bond donors (Lipinski definition) is 0. The smallest absolute Gasteiger partial charge is 0.259 e. The van der Waals surface area contributed by atoms with Gasteiger partial charge in [0.2, 0.25) is 5.23 Å². The Labute approximate surface area is 90.5 Å². The standard InChI is InChI=1S/C9H17NO2SSi/c1-4-14(5-2,6-3)12-9-10-8(11)7-13-9/h4-7H2,1-3H3. The maximum absolute atomic E-state index is 10.9. The molecule has 5 heteroatoms. The molecule has 1 aliphatic heterocycles. The molecule has 1 rings (SSSR count). The molecule has 14 heavy (non-hydrogen) atoms. The molecule has 1 heterocycles. The maximum Gasteiger partial charge on any atom is 0.259 e. The number of aliphatic imine (C=N–C) groups is 1. The van der Waals surface area contributed by atoms with Crippen molar-refractivity contribution in [2.75, 3.05) is 5.75 Å². The van der Waals surface area contributed by atoms with Crippen LogP contribution in [0, 0.1) is 0 Å². The van der Waals surface area contributed by atoms with Crippen molar-refractivity contribution in [2.45, 2.75) is 38.9 Å². The minimum Gasteiger partial charge on any atom is -0.526 e. The summed E-state index contributed by atoms with van der Waals surface area (Å²) in [5.41, 5.74) is 0. The number of carbonyl (C=O) groups is 1. The van der Waals surface area contributed by atoms with E-state index >= 15 is 0 Å². The first-order valence-corrected chi connectivity index (χ1v) is 8.60. The van der Waals surface area contributed by atoms with Gasteiger partial charge in [-0.3, -0.25) is 4.79 Å². The Morgan fingerprint density at radius 1 is 1.36 bits per heavy atom. The molecule has 80 valence electrons. The van der Waals surface area contributed by atoms with Gasteiger partial charge in [0.05, 0.1) is 5.75 Å². The van der Waals surface area contributed by atoms with E-state index in [1.54, 1.807) is 0 Å². The van der Waals surface area contributed by atoms with Gasteiger partial charge in [-0.25, -0.2) is 0 Å². The molecule has 0 atom stereocenters. The third-order valence-corrected chi connectivity index (χ3v) is 8.23. The molecule has 0 fully saturated rings. The quantitative estimate of drug-likeness (QED) is 0.698. The van der Waals surface area contributed by atoms with Crippen LogP contribution in [0.4, 0.5) is 0 Å². The van der Waals surface area contributed by atoms with Crippen LogP contribution >= 0.6 is 11.8 Å². The van der Waals surface area contributed by atoms with Crippen LogP contribution in [0.1, 0.15) is 20.8 Å². The molecule has 0 aliphatic carbocycles. The molecule has 0 bridgehead atoms. The summed E-state index contributed by atoms with van der Waals surface area (Å²) in [6.45, 7) is 6.50. The zero-order valence-corrected chi connectivity index (χ0v) is 10.8. The zero-order valence-electron chi connectivity index (χ0n) is 9.00. The normalized spacial score (nSPS) is 17.1. The molecule has 0 radical (unpaired) electrons. The topological polar surface area (TPSA) is 38.7 Å². The number of thioether (sulfide) groups is 1. The van der Waals surface area contributed by atoms with Crippen LogP contribution in [0.5, 0.6) is 0 Å². The summed E-state index contributed by atoms with van der Waals surface area (Å²) in [6.07, 6.45) is 0. The second kappa shape index (κ2) is 4.98. The van der Waals surface area contributed by atoms with Crippen molar-refractivity contribution >= 4 is 31.2 Å². The molecule has 0 aromatic heterocycles. The Hall–Kier alpha value is -0.293. The molecule has 0 spiro atoms. The van der Waals surface area contributed by atoms with E-state index in [-0.39, 0.29) is 5.91 Å². The van der Waals surface area contributed by atoms with Gasteiger partial charge in [-0.1, -0.05) is 32.5 Å². The van der Waals surface area contributed by atoms with Crippen molar-refractivity contribution in [1.82, 2.24) is 0 Å². The van der Waals surface area contributed by atoms with Crippen molar-refractivity contribution in [1.29, 1.82) is 0 Å². The highest BCUT2D eigenvalue weighted by molar-refractivity contribution is 8.14. The highest BCUT2D eigenvalue weighted by Crippen LogP contribution is 2.26. The van der Waals surface area contributed by atoms with Crippen LogP contribution < -0.4 is 0 Å². The highest BCUT2D eigenvalue weighted by Gasteiger charge is 2.33. The first kappa shape index (κ1) is 11.8. The van der Waals surface area contributed by atoms with Crippen LogP contribution in [0.2, 0.25) is 18.1 Å². The van der Waals surface area contributed by atoms with Gasteiger partial charge >= 0.3 is 0 Å². The summed E-state index contributed by atoms with van der Waals surface area (Å²) in [4.78, 5) is 14.8. The van der Waals surface area contributed by atoms with E-state index in [0.29, 0.717) is 11.0 Å². The van der Waals surface area contributed by atoms with E-state index in [4.69, 9.17) is 4.43 Å². The fourth-order valence-corrected chi connectivity index (χ4v) is 5.09. The first-order valence-electron chi connectivity index (χ1n) is 5.09. The fraction of sp³-hybridized carbons (Fsp3) is 0.778. The number of nitrogens with zero attached hydrogens (tertiary/aromatic N) is 1. The largest absolute Gasteiger partial charge is 0.526 e. The van der Waals surface area contributed by atoms with Crippen LogP contribution in [0.25, 0.3) is 0 Å². The SMILES string of the molecule is CC[Si](CC)(CC)OC1=NC(=O)CS1. The van der Waals surface area contributed by atoms with Gasteiger partial charge < -0.3 is 4.43 Å². The number of rotatable bonds is 4. The van der Waals surface area contributed by atoms with Crippen molar-refractivity contribution in [2.24, 2.45) is 4.99 Å². The summed E-state index contributed by atoms with van der Waals surface area (Å²) in [5, 5.41) is 0.618. The minimum absolute atomic E-state index is 0.0591. The van der Waals surface area contributed by atoms with Crippen LogP contribution in [-0.4, -0.2) is 25.2 Å². The predicted octanol–water partition coefficient (Wildman–Crippen LogP) is 2.64. The third kappa shape index (κ3) is 2.60. The van der Waals surface area contributed by atoms with Gasteiger partial charge in [0, 0.05) is 0 Å². The summed E-state index contributed by atoms with van der Waals surface area (Å²) >= 11 is 1.44. The lowest BCUT2D eigenvalue weighted by Crippen LogP contribution is -2.37. The van der Waals surface area contributed by atoms with Crippen molar-refractivity contribution in [3.8, 4) is 0 Å². The number of hydrogen-bond acceptors (Lipinski definition) is 3. The van der Waals surface area contributed by atoms with Gasteiger partial charge in [-0.2, -0.15) is 4.99 Å². The monoisotopic (exact) mass is 231 g/mol. The maximum atomic E-state index is 10.9. The van der Waals surface area contributed by atoms with Gasteiger partial charge in [-0.05, 0) is 18.1 Å². The molecule has 0 saturated carbocycles. The van der Waals surface area contributed by atoms with Crippen molar-refractivity contribution < 1.29 is 9.22 Å². The Bertz CT molecular complexity index is 243. The first-order chi connectivity index (χ1) is 6.65.